The number of ether oxygens (including phenoxy) is 1. The third-order valence-electron chi connectivity index (χ3n) is 2.74. The van der Waals surface area contributed by atoms with Gasteiger partial charge in [0.1, 0.15) is 11.5 Å². The molecule has 1 amide bonds. The molecule has 0 saturated heterocycles. The van der Waals surface area contributed by atoms with E-state index in [0.29, 0.717) is 12.4 Å². The topological polar surface area (TPSA) is 70.9 Å². The van der Waals surface area contributed by atoms with Crippen molar-refractivity contribution in [1.29, 1.82) is 0 Å². The molecule has 0 saturated carbocycles. The largest absolute Gasteiger partial charge is 0.507 e. The number of para-hydroxylation sites is 2. The molecule has 2 aromatic rings. The number of nitrogens with zero attached hydrogens (tertiary/aromatic N) is 1. The number of hydrazone groups is 1. The highest BCUT2D eigenvalue weighted by atomic mass is 16.5. The molecule has 2 aromatic carbocycles. The average Bonchev–Trinajstić information content (AvgIpc) is 2.49. The van der Waals surface area contributed by atoms with Gasteiger partial charge in [-0.2, -0.15) is 5.10 Å². The number of hydrogen-bond acceptors (Lipinski definition) is 4. The summed E-state index contributed by atoms with van der Waals surface area (Å²) in [6.45, 7) is 2.45. The smallest absolute Gasteiger partial charge is 0.275 e. The lowest BCUT2D eigenvalue weighted by Gasteiger charge is -2.06. The third-order valence-corrected chi connectivity index (χ3v) is 2.74. The molecule has 0 heterocycles. The number of carbonyl (C=O) groups excluding carboxylic acids is 1. The highest BCUT2D eigenvalue weighted by Gasteiger charge is 2.08. The van der Waals surface area contributed by atoms with Gasteiger partial charge in [-0.05, 0) is 31.2 Å². The van der Waals surface area contributed by atoms with Gasteiger partial charge < -0.3 is 9.84 Å². The molecule has 0 aromatic heterocycles. The van der Waals surface area contributed by atoms with Crippen LogP contribution < -0.4 is 10.2 Å². The molecule has 0 fully saturated rings. The zero-order valence-electron chi connectivity index (χ0n) is 11.6. The molecule has 0 aliphatic heterocycles. The number of carbonyl (C=O) groups is 1. The van der Waals surface area contributed by atoms with Crippen molar-refractivity contribution in [2.45, 2.75) is 6.92 Å². The summed E-state index contributed by atoms with van der Waals surface area (Å²) in [4.78, 5) is 11.9. The number of benzene rings is 2. The molecule has 0 bridgehead atoms. The Kier molecular flexibility index (Phi) is 4.93. The number of rotatable bonds is 5. The molecule has 108 valence electrons. The maximum absolute atomic E-state index is 11.9. The summed E-state index contributed by atoms with van der Waals surface area (Å²) in [7, 11) is 0. The van der Waals surface area contributed by atoms with Crippen LogP contribution in [0.1, 0.15) is 22.8 Å². The second kappa shape index (κ2) is 7.09. The lowest BCUT2D eigenvalue weighted by Crippen LogP contribution is -2.17. The molecule has 2 rings (SSSR count). The van der Waals surface area contributed by atoms with E-state index in [1.54, 1.807) is 12.1 Å². The molecule has 0 atom stereocenters. The molecule has 21 heavy (non-hydrogen) atoms. The number of phenols is 1. The number of nitrogens with one attached hydrogen (secondary N) is 1. The van der Waals surface area contributed by atoms with Crippen molar-refractivity contribution in [2.24, 2.45) is 5.10 Å². The maximum Gasteiger partial charge on any atom is 0.275 e. The van der Waals surface area contributed by atoms with Crippen LogP contribution in [-0.2, 0) is 0 Å². The molecule has 0 radical (unpaired) electrons. The molecule has 5 nitrogen and oxygen atoms in total. The van der Waals surface area contributed by atoms with Crippen LogP contribution in [0.3, 0.4) is 0 Å². The molecule has 0 aliphatic rings. The van der Waals surface area contributed by atoms with Crippen molar-refractivity contribution in [3.8, 4) is 11.5 Å². The number of phenolic OH excluding ortho intramolecular Hbond substituents is 1. The minimum absolute atomic E-state index is 0.0834. The Labute approximate surface area is 122 Å². The first-order valence-corrected chi connectivity index (χ1v) is 6.55. The number of aromatic hydroxyl groups is 1. The van der Waals surface area contributed by atoms with Crippen LogP contribution in [0.2, 0.25) is 0 Å². The Balaban J connectivity index is 2.06. The Hall–Kier alpha value is -2.82. The zero-order chi connectivity index (χ0) is 15.1. The van der Waals surface area contributed by atoms with E-state index in [-0.39, 0.29) is 11.3 Å². The van der Waals surface area contributed by atoms with Crippen molar-refractivity contribution >= 4 is 12.1 Å². The summed E-state index contributed by atoms with van der Waals surface area (Å²) < 4.78 is 5.45. The van der Waals surface area contributed by atoms with E-state index >= 15 is 0 Å². The fraction of sp³-hybridized carbons (Fsp3) is 0.125. The summed E-state index contributed by atoms with van der Waals surface area (Å²) in [6.07, 6.45) is 1.50. The van der Waals surface area contributed by atoms with E-state index in [9.17, 15) is 9.90 Å². The second-order valence-electron chi connectivity index (χ2n) is 4.19. The Bertz CT molecular complexity index is 653. The highest BCUT2D eigenvalue weighted by molar-refractivity contribution is 5.97. The van der Waals surface area contributed by atoms with E-state index in [4.69, 9.17) is 4.74 Å². The monoisotopic (exact) mass is 284 g/mol. The van der Waals surface area contributed by atoms with Crippen LogP contribution in [0.25, 0.3) is 0 Å². The Morgan fingerprint density at radius 3 is 2.71 bits per heavy atom. The maximum atomic E-state index is 11.9. The van der Waals surface area contributed by atoms with Crippen LogP contribution in [0, 0.1) is 0 Å². The molecule has 0 aliphatic carbocycles. The summed E-state index contributed by atoms with van der Waals surface area (Å²) in [5.74, 6) is 0.138. The van der Waals surface area contributed by atoms with E-state index in [1.807, 2.05) is 31.2 Å². The van der Waals surface area contributed by atoms with Crippen LogP contribution in [0.4, 0.5) is 0 Å². The Morgan fingerprint density at radius 1 is 1.24 bits per heavy atom. The summed E-state index contributed by atoms with van der Waals surface area (Å²) in [5, 5.41) is 13.5. The van der Waals surface area contributed by atoms with Gasteiger partial charge in [0.2, 0.25) is 0 Å². The first-order chi connectivity index (χ1) is 10.2. The fourth-order valence-electron chi connectivity index (χ4n) is 1.76. The summed E-state index contributed by atoms with van der Waals surface area (Å²) in [5.41, 5.74) is 3.31. The van der Waals surface area contributed by atoms with Crippen LogP contribution in [-0.4, -0.2) is 23.8 Å². The van der Waals surface area contributed by atoms with Crippen LogP contribution in [0.15, 0.2) is 53.6 Å². The van der Waals surface area contributed by atoms with Gasteiger partial charge >= 0.3 is 0 Å². The van der Waals surface area contributed by atoms with Crippen molar-refractivity contribution in [1.82, 2.24) is 5.43 Å². The van der Waals surface area contributed by atoms with Crippen LogP contribution in [0.5, 0.6) is 11.5 Å². The van der Waals surface area contributed by atoms with E-state index in [1.165, 1.54) is 18.3 Å². The first-order valence-electron chi connectivity index (χ1n) is 6.55. The molecule has 5 heteroatoms. The van der Waals surface area contributed by atoms with Gasteiger partial charge in [0.05, 0.1) is 18.4 Å². The first kappa shape index (κ1) is 14.6. The standard InChI is InChI=1S/C16H16N2O3/c1-2-21-15-10-6-3-7-12(15)11-17-18-16(20)13-8-4-5-9-14(13)19/h3-11,19H,2H2,1H3,(H,18,20). The van der Waals surface area contributed by atoms with E-state index < -0.39 is 5.91 Å². The van der Waals surface area contributed by atoms with Gasteiger partial charge in [0, 0.05) is 5.56 Å². The molecule has 2 N–H and O–H groups in total. The average molecular weight is 284 g/mol. The third kappa shape index (κ3) is 3.82. The van der Waals surface area contributed by atoms with Crippen LogP contribution >= 0.6 is 0 Å². The van der Waals surface area contributed by atoms with Gasteiger partial charge in [-0.1, -0.05) is 24.3 Å². The Morgan fingerprint density at radius 2 is 1.95 bits per heavy atom. The van der Waals surface area contributed by atoms with Gasteiger partial charge in [0.15, 0.2) is 0 Å². The molecule has 0 spiro atoms. The van der Waals surface area contributed by atoms with Crippen molar-refractivity contribution in [2.75, 3.05) is 6.61 Å². The highest BCUT2D eigenvalue weighted by Crippen LogP contribution is 2.16. The zero-order valence-corrected chi connectivity index (χ0v) is 11.6. The number of amides is 1. The molecular weight excluding hydrogens is 268 g/mol. The van der Waals surface area contributed by atoms with Crippen molar-refractivity contribution < 1.29 is 14.6 Å². The van der Waals surface area contributed by atoms with Crippen molar-refractivity contribution in [3.05, 3.63) is 59.7 Å². The minimum atomic E-state index is -0.474. The quantitative estimate of drug-likeness (QED) is 0.654. The van der Waals surface area contributed by atoms with Gasteiger partial charge in [-0.3, -0.25) is 4.79 Å². The minimum Gasteiger partial charge on any atom is -0.507 e. The predicted octanol–water partition coefficient (Wildman–Crippen LogP) is 2.55. The molecule has 0 unspecified atom stereocenters. The van der Waals surface area contributed by atoms with Gasteiger partial charge in [-0.25, -0.2) is 5.43 Å². The summed E-state index contributed by atoms with van der Waals surface area (Å²) in [6, 6.07) is 13.7. The predicted molar refractivity (Wildman–Crippen MR) is 80.8 cm³/mol. The lowest BCUT2D eigenvalue weighted by molar-refractivity contribution is 0.0952. The van der Waals surface area contributed by atoms with Gasteiger partial charge in [-0.15, -0.1) is 0 Å². The van der Waals surface area contributed by atoms with E-state index in [0.717, 1.165) is 5.56 Å². The normalized spacial score (nSPS) is 10.5. The lowest BCUT2D eigenvalue weighted by atomic mass is 10.2. The van der Waals surface area contributed by atoms with Crippen molar-refractivity contribution in [3.63, 3.8) is 0 Å². The van der Waals surface area contributed by atoms with Gasteiger partial charge in [0.25, 0.3) is 5.91 Å². The molecular formula is C16H16N2O3. The summed E-state index contributed by atoms with van der Waals surface area (Å²) >= 11 is 0. The fourth-order valence-corrected chi connectivity index (χ4v) is 1.76. The van der Waals surface area contributed by atoms with E-state index in [2.05, 4.69) is 10.5 Å². The SMILES string of the molecule is CCOc1ccccc1C=NNC(=O)c1ccccc1O. The second-order valence-corrected chi connectivity index (χ2v) is 4.19. The number of hydrogen-bond donors (Lipinski definition) is 2.